The Labute approximate surface area is 233 Å². The molecule has 5 aromatic heterocycles. The number of nitrogens with one attached hydrogen (secondary N) is 1. The number of rotatable bonds is 8. The number of ether oxygens (including phenoxy) is 1. The Morgan fingerprint density at radius 1 is 0.974 bits per heavy atom. The lowest BCUT2D eigenvalue weighted by molar-refractivity contribution is 0.446. The molecule has 5 heterocycles. The summed E-state index contributed by atoms with van der Waals surface area (Å²) in [6.45, 7) is 3.24. The van der Waals surface area contributed by atoms with E-state index in [4.69, 9.17) is 14.7 Å². The second-order valence-electron chi connectivity index (χ2n) is 8.73. The summed E-state index contributed by atoms with van der Waals surface area (Å²) in [5, 5.41) is 4.29. The zero-order chi connectivity index (χ0) is 25.9. The lowest BCUT2D eigenvalue weighted by Crippen LogP contribution is -2.12. The fourth-order valence-corrected chi connectivity index (χ4v) is 4.89. The van der Waals surface area contributed by atoms with Crippen LogP contribution in [0.3, 0.4) is 0 Å². The zero-order valence-corrected chi connectivity index (χ0v) is 22.6. The van der Waals surface area contributed by atoms with E-state index in [1.165, 1.54) is 0 Å². The summed E-state index contributed by atoms with van der Waals surface area (Å²) < 4.78 is 10.0. The van der Waals surface area contributed by atoms with Gasteiger partial charge in [0.2, 0.25) is 0 Å². The lowest BCUT2D eigenvalue weighted by atomic mass is 10.1. The first-order valence-electron chi connectivity index (χ1n) is 12.0. The SMILES string of the molecule is Cc1cccc(-c2[nH]c(CN(I)Cc3ccccc3Oc3cccnc3)nc2-c2ccc3ncnn3c2)n1. The minimum Gasteiger partial charge on any atom is -0.455 e. The Bertz CT molecular complexity index is 1700. The maximum absolute atomic E-state index is 6.10. The molecule has 38 heavy (non-hydrogen) atoms. The quantitative estimate of drug-likeness (QED) is 0.165. The summed E-state index contributed by atoms with van der Waals surface area (Å²) in [5.41, 5.74) is 6.25. The number of benzene rings is 1. The van der Waals surface area contributed by atoms with Gasteiger partial charge >= 0.3 is 0 Å². The van der Waals surface area contributed by atoms with E-state index in [1.54, 1.807) is 23.2 Å². The largest absolute Gasteiger partial charge is 0.455 e. The van der Waals surface area contributed by atoms with E-state index in [0.717, 1.165) is 51.1 Å². The van der Waals surface area contributed by atoms with Crippen LogP contribution in [0.2, 0.25) is 0 Å². The third-order valence-corrected chi connectivity index (χ3v) is 6.63. The number of pyridine rings is 3. The molecule has 1 aromatic carbocycles. The zero-order valence-electron chi connectivity index (χ0n) is 20.5. The van der Waals surface area contributed by atoms with Gasteiger partial charge in [-0.2, -0.15) is 5.10 Å². The van der Waals surface area contributed by atoms with Crippen LogP contribution in [0.4, 0.5) is 0 Å². The molecule has 9 nitrogen and oxygen atoms in total. The highest BCUT2D eigenvalue weighted by Crippen LogP contribution is 2.31. The molecule has 6 rings (SSSR count). The summed E-state index contributed by atoms with van der Waals surface area (Å²) in [4.78, 5) is 21.7. The first-order chi connectivity index (χ1) is 18.6. The van der Waals surface area contributed by atoms with Crippen molar-refractivity contribution in [3.63, 3.8) is 0 Å². The Morgan fingerprint density at radius 2 is 1.89 bits per heavy atom. The van der Waals surface area contributed by atoms with Crippen molar-refractivity contribution in [3.05, 3.63) is 109 Å². The maximum Gasteiger partial charge on any atom is 0.155 e. The predicted molar refractivity (Wildman–Crippen MR) is 153 cm³/mol. The van der Waals surface area contributed by atoms with Crippen LogP contribution >= 0.6 is 22.9 Å². The van der Waals surface area contributed by atoms with Crippen molar-refractivity contribution >= 4 is 28.5 Å². The van der Waals surface area contributed by atoms with Gasteiger partial charge in [-0.25, -0.2) is 17.6 Å². The number of aromatic amines is 1. The second-order valence-corrected chi connectivity index (χ2v) is 10.1. The van der Waals surface area contributed by atoms with Crippen molar-refractivity contribution in [2.45, 2.75) is 20.0 Å². The molecular weight excluding hydrogens is 591 g/mol. The number of halogens is 1. The fourth-order valence-electron chi connectivity index (χ4n) is 4.20. The number of nitrogens with zero attached hydrogens (tertiary/aromatic N) is 7. The molecule has 0 unspecified atom stereocenters. The molecule has 0 atom stereocenters. The van der Waals surface area contributed by atoms with Crippen LogP contribution in [0.15, 0.2) is 91.6 Å². The summed E-state index contributed by atoms with van der Waals surface area (Å²) in [5.74, 6) is 2.33. The third kappa shape index (κ3) is 5.27. The maximum atomic E-state index is 6.10. The van der Waals surface area contributed by atoms with Crippen LogP contribution in [-0.2, 0) is 13.1 Å². The van der Waals surface area contributed by atoms with Crippen molar-refractivity contribution in [1.82, 2.24) is 37.6 Å². The van der Waals surface area contributed by atoms with E-state index in [9.17, 15) is 0 Å². The van der Waals surface area contributed by atoms with Gasteiger partial charge < -0.3 is 9.72 Å². The van der Waals surface area contributed by atoms with Gasteiger partial charge in [-0.3, -0.25) is 9.97 Å². The highest BCUT2D eigenvalue weighted by molar-refractivity contribution is 14.1. The van der Waals surface area contributed by atoms with Gasteiger partial charge in [0.25, 0.3) is 0 Å². The van der Waals surface area contributed by atoms with Crippen molar-refractivity contribution in [3.8, 4) is 34.1 Å². The minimum absolute atomic E-state index is 0.589. The minimum atomic E-state index is 0.589. The number of H-pyrrole nitrogens is 1. The lowest BCUT2D eigenvalue weighted by Gasteiger charge is -2.16. The Balaban J connectivity index is 1.29. The van der Waals surface area contributed by atoms with Gasteiger partial charge in [0, 0.05) is 58.6 Å². The van der Waals surface area contributed by atoms with Gasteiger partial charge in [-0.15, -0.1) is 0 Å². The number of fused-ring (bicyclic) bond motifs is 1. The predicted octanol–water partition coefficient (Wildman–Crippen LogP) is 6.03. The third-order valence-electron chi connectivity index (χ3n) is 5.94. The smallest absolute Gasteiger partial charge is 0.155 e. The summed E-state index contributed by atoms with van der Waals surface area (Å²) in [6, 6.07) is 21.7. The molecule has 1 N–H and O–H groups in total. The van der Waals surface area contributed by atoms with Crippen LogP contribution in [0.5, 0.6) is 11.5 Å². The molecule has 0 amide bonds. The summed E-state index contributed by atoms with van der Waals surface area (Å²) in [6.07, 6.45) is 6.92. The Hall–Kier alpha value is -4.16. The molecule has 0 spiro atoms. The number of imidazole rings is 1. The summed E-state index contributed by atoms with van der Waals surface area (Å²) in [7, 11) is 0. The normalized spacial score (nSPS) is 11.3. The van der Waals surface area contributed by atoms with E-state index >= 15 is 0 Å². The second kappa shape index (κ2) is 10.7. The number of para-hydroxylation sites is 1. The van der Waals surface area contributed by atoms with Gasteiger partial charge in [-0.1, -0.05) is 24.3 Å². The van der Waals surface area contributed by atoms with Crippen LogP contribution in [0.25, 0.3) is 28.3 Å². The molecule has 6 aromatic rings. The number of aromatic nitrogens is 7. The average Bonchev–Trinajstić information content (AvgIpc) is 3.57. The summed E-state index contributed by atoms with van der Waals surface area (Å²) >= 11 is 2.33. The Morgan fingerprint density at radius 3 is 2.76 bits per heavy atom. The standard InChI is InChI=1S/C28H23IN8O/c1-19-6-4-9-23(33-19)28-27(21-11-12-26-31-18-32-37(26)16-21)34-25(35-28)17-36(29)15-20-7-2-3-10-24(20)38-22-8-5-13-30-14-22/h2-14,16,18H,15,17H2,1H3,(H,34,35). The van der Waals surface area contributed by atoms with Crippen molar-refractivity contribution in [2.24, 2.45) is 0 Å². The van der Waals surface area contributed by atoms with Crippen molar-refractivity contribution in [2.75, 3.05) is 0 Å². The van der Waals surface area contributed by atoms with Crippen molar-refractivity contribution < 1.29 is 4.74 Å². The van der Waals surface area contributed by atoms with Crippen LogP contribution in [0, 0.1) is 6.92 Å². The van der Waals surface area contributed by atoms with E-state index in [0.29, 0.717) is 18.8 Å². The monoisotopic (exact) mass is 614 g/mol. The highest BCUT2D eigenvalue weighted by atomic mass is 127. The first kappa shape index (κ1) is 24.2. The van der Waals surface area contributed by atoms with Gasteiger partial charge in [-0.05, 0) is 49.4 Å². The van der Waals surface area contributed by atoms with Gasteiger partial charge in [0.15, 0.2) is 5.65 Å². The molecule has 0 saturated heterocycles. The Kier molecular flexibility index (Phi) is 6.80. The number of aryl methyl sites for hydroxylation is 1. The van der Waals surface area contributed by atoms with Crippen LogP contribution in [0.1, 0.15) is 17.1 Å². The number of hydrogen-bond acceptors (Lipinski definition) is 7. The van der Waals surface area contributed by atoms with E-state index in [-0.39, 0.29) is 0 Å². The molecule has 0 aliphatic carbocycles. The van der Waals surface area contributed by atoms with Gasteiger partial charge in [0.05, 0.1) is 29.8 Å². The fraction of sp³-hybridized carbons (Fsp3) is 0.107. The molecule has 0 bridgehead atoms. The van der Waals surface area contributed by atoms with Crippen LogP contribution in [-0.4, -0.2) is 37.6 Å². The molecule has 0 saturated carbocycles. The van der Waals surface area contributed by atoms with Crippen molar-refractivity contribution in [1.29, 1.82) is 0 Å². The molecule has 10 heteroatoms. The molecule has 0 fully saturated rings. The van der Waals surface area contributed by atoms with E-state index in [1.807, 2.05) is 73.8 Å². The highest BCUT2D eigenvalue weighted by Gasteiger charge is 2.18. The van der Waals surface area contributed by atoms with E-state index < -0.39 is 0 Å². The molecular formula is C28H23IN8O. The van der Waals surface area contributed by atoms with Crippen LogP contribution < -0.4 is 4.74 Å². The van der Waals surface area contributed by atoms with E-state index in [2.05, 4.69) is 52.1 Å². The topological polar surface area (TPSA) is 97.1 Å². The van der Waals surface area contributed by atoms with Gasteiger partial charge in [0.1, 0.15) is 23.7 Å². The average molecular weight is 614 g/mol. The molecule has 0 aliphatic rings. The molecule has 0 radical (unpaired) electrons. The number of hydrogen-bond donors (Lipinski definition) is 1. The first-order valence-corrected chi connectivity index (χ1v) is 13.0. The molecule has 0 aliphatic heterocycles. The molecule has 188 valence electrons.